The lowest BCUT2D eigenvalue weighted by molar-refractivity contribution is 0.662. The molecule has 2 aromatic carbocycles. The molecule has 0 heterocycles. The SMILES string of the molecule is CNC(CSc1cccc(Cl)c1)c1ccc(Cl)c(Cl)c1. The van der Waals surface area contributed by atoms with Crippen molar-refractivity contribution in [3.05, 3.63) is 63.1 Å². The minimum Gasteiger partial charge on any atom is -0.312 e. The van der Waals surface area contributed by atoms with Crippen molar-refractivity contribution in [1.29, 1.82) is 0 Å². The third-order valence-electron chi connectivity index (χ3n) is 2.91. The van der Waals surface area contributed by atoms with Gasteiger partial charge in [-0.2, -0.15) is 0 Å². The van der Waals surface area contributed by atoms with E-state index in [1.54, 1.807) is 11.8 Å². The van der Waals surface area contributed by atoms with Crippen molar-refractivity contribution in [3.63, 3.8) is 0 Å². The average Bonchev–Trinajstić information content (AvgIpc) is 2.43. The molecule has 0 bridgehead atoms. The minimum atomic E-state index is 0.203. The zero-order chi connectivity index (χ0) is 14.5. The van der Waals surface area contributed by atoms with Crippen LogP contribution in [0.3, 0.4) is 0 Å². The lowest BCUT2D eigenvalue weighted by atomic mass is 10.1. The summed E-state index contributed by atoms with van der Waals surface area (Å²) >= 11 is 19.8. The number of hydrogen-bond donors (Lipinski definition) is 1. The first-order chi connectivity index (χ1) is 9.60. The highest BCUT2D eigenvalue weighted by Gasteiger charge is 2.11. The van der Waals surface area contributed by atoms with E-state index in [1.165, 1.54) is 0 Å². The number of rotatable bonds is 5. The van der Waals surface area contributed by atoms with Gasteiger partial charge in [-0.15, -0.1) is 11.8 Å². The molecule has 2 rings (SSSR count). The van der Waals surface area contributed by atoms with Crippen molar-refractivity contribution in [2.75, 3.05) is 12.8 Å². The van der Waals surface area contributed by atoms with E-state index in [1.807, 2.05) is 43.4 Å². The molecule has 5 heteroatoms. The van der Waals surface area contributed by atoms with Crippen LogP contribution in [0.1, 0.15) is 11.6 Å². The lowest BCUT2D eigenvalue weighted by Crippen LogP contribution is -2.18. The number of thioether (sulfide) groups is 1. The van der Waals surface area contributed by atoms with E-state index in [-0.39, 0.29) is 6.04 Å². The van der Waals surface area contributed by atoms with Gasteiger partial charge in [-0.3, -0.25) is 0 Å². The molecule has 0 aliphatic carbocycles. The Morgan fingerprint density at radius 2 is 1.85 bits per heavy atom. The summed E-state index contributed by atoms with van der Waals surface area (Å²) < 4.78 is 0. The van der Waals surface area contributed by atoms with E-state index in [9.17, 15) is 0 Å². The van der Waals surface area contributed by atoms with Crippen molar-refractivity contribution in [2.45, 2.75) is 10.9 Å². The van der Waals surface area contributed by atoms with Gasteiger partial charge in [0.1, 0.15) is 0 Å². The first-order valence-electron chi connectivity index (χ1n) is 6.10. The Morgan fingerprint density at radius 3 is 2.50 bits per heavy atom. The Hall–Kier alpha value is -0.380. The van der Waals surface area contributed by atoms with Crippen molar-refractivity contribution in [1.82, 2.24) is 5.32 Å². The summed E-state index contributed by atoms with van der Waals surface area (Å²) in [5, 5.41) is 5.21. The molecule has 0 aliphatic rings. The predicted octanol–water partition coefficient (Wildman–Crippen LogP) is 5.70. The molecule has 106 valence electrons. The molecular formula is C15H14Cl3NS. The van der Waals surface area contributed by atoms with Gasteiger partial charge in [0.15, 0.2) is 0 Å². The Morgan fingerprint density at radius 1 is 1.05 bits per heavy atom. The van der Waals surface area contributed by atoms with Gasteiger partial charge in [0.2, 0.25) is 0 Å². The highest BCUT2D eigenvalue weighted by molar-refractivity contribution is 7.99. The van der Waals surface area contributed by atoms with Crippen molar-refractivity contribution in [3.8, 4) is 0 Å². The minimum absolute atomic E-state index is 0.203. The fraction of sp³-hybridized carbons (Fsp3) is 0.200. The summed E-state index contributed by atoms with van der Waals surface area (Å²) in [5.74, 6) is 0.884. The van der Waals surface area contributed by atoms with E-state index in [2.05, 4.69) is 11.4 Å². The maximum absolute atomic E-state index is 6.07. The Bertz CT molecular complexity index is 589. The van der Waals surface area contributed by atoms with E-state index in [0.29, 0.717) is 10.0 Å². The Kier molecular flexibility index (Phi) is 6.06. The van der Waals surface area contributed by atoms with Gasteiger partial charge in [-0.25, -0.2) is 0 Å². The molecule has 1 atom stereocenters. The molecule has 1 N–H and O–H groups in total. The molecule has 0 aliphatic heterocycles. The highest BCUT2D eigenvalue weighted by atomic mass is 35.5. The summed E-state index contributed by atoms with van der Waals surface area (Å²) in [4.78, 5) is 1.15. The Labute approximate surface area is 138 Å². The van der Waals surface area contributed by atoms with Gasteiger partial charge in [0.05, 0.1) is 10.0 Å². The van der Waals surface area contributed by atoms with Crippen molar-refractivity contribution in [2.24, 2.45) is 0 Å². The fourth-order valence-electron chi connectivity index (χ4n) is 1.81. The summed E-state index contributed by atoms with van der Waals surface area (Å²) in [6.45, 7) is 0. The second kappa shape index (κ2) is 7.58. The van der Waals surface area contributed by atoms with Crippen LogP contribution in [0.15, 0.2) is 47.4 Å². The topological polar surface area (TPSA) is 12.0 Å². The van der Waals surface area contributed by atoms with Crippen LogP contribution < -0.4 is 5.32 Å². The number of benzene rings is 2. The quantitative estimate of drug-likeness (QED) is 0.697. The van der Waals surface area contributed by atoms with Gasteiger partial charge in [-0.1, -0.05) is 46.9 Å². The third kappa shape index (κ3) is 4.31. The monoisotopic (exact) mass is 345 g/mol. The molecule has 0 saturated heterocycles. The second-order valence-corrected chi connectivity index (χ2v) is 6.63. The van der Waals surface area contributed by atoms with Crippen LogP contribution in [0.25, 0.3) is 0 Å². The largest absolute Gasteiger partial charge is 0.312 e. The van der Waals surface area contributed by atoms with Crippen molar-refractivity contribution < 1.29 is 0 Å². The molecule has 20 heavy (non-hydrogen) atoms. The molecule has 0 radical (unpaired) electrons. The van der Waals surface area contributed by atoms with Crippen molar-refractivity contribution >= 4 is 46.6 Å². The van der Waals surface area contributed by atoms with Gasteiger partial charge in [0, 0.05) is 21.7 Å². The van der Waals surface area contributed by atoms with Gasteiger partial charge in [-0.05, 0) is 42.9 Å². The molecule has 1 unspecified atom stereocenters. The van der Waals surface area contributed by atoms with Gasteiger partial charge < -0.3 is 5.32 Å². The fourth-order valence-corrected chi connectivity index (χ4v) is 3.48. The molecular weight excluding hydrogens is 333 g/mol. The van der Waals surface area contributed by atoms with Crippen LogP contribution >= 0.6 is 46.6 Å². The maximum atomic E-state index is 6.07. The summed E-state index contributed by atoms with van der Waals surface area (Å²) in [6.07, 6.45) is 0. The number of halogens is 3. The molecule has 1 nitrogen and oxygen atoms in total. The number of hydrogen-bond acceptors (Lipinski definition) is 2. The van der Waals surface area contributed by atoms with E-state index < -0.39 is 0 Å². The zero-order valence-electron chi connectivity index (χ0n) is 10.9. The molecule has 0 amide bonds. The van der Waals surface area contributed by atoms with Gasteiger partial charge in [0.25, 0.3) is 0 Å². The molecule has 0 saturated carbocycles. The predicted molar refractivity (Wildman–Crippen MR) is 90.4 cm³/mol. The number of nitrogens with one attached hydrogen (secondary N) is 1. The third-order valence-corrected chi connectivity index (χ3v) is 4.97. The lowest BCUT2D eigenvalue weighted by Gasteiger charge is -2.17. The van der Waals surface area contributed by atoms with E-state index >= 15 is 0 Å². The smallest absolute Gasteiger partial charge is 0.0595 e. The zero-order valence-corrected chi connectivity index (χ0v) is 14.0. The van der Waals surface area contributed by atoms with Crippen LogP contribution in [0, 0.1) is 0 Å². The van der Waals surface area contributed by atoms with Crippen LogP contribution in [0.5, 0.6) is 0 Å². The molecule has 0 spiro atoms. The van der Waals surface area contributed by atoms with Crippen LogP contribution in [-0.2, 0) is 0 Å². The van der Waals surface area contributed by atoms with Crippen LogP contribution in [-0.4, -0.2) is 12.8 Å². The standard InChI is InChI=1S/C15H14Cl3NS/c1-19-15(10-5-6-13(17)14(18)7-10)9-20-12-4-2-3-11(16)8-12/h2-8,15,19H,9H2,1H3. The summed E-state index contributed by atoms with van der Waals surface area (Å²) in [5.41, 5.74) is 1.12. The van der Waals surface area contributed by atoms with E-state index in [4.69, 9.17) is 34.8 Å². The summed E-state index contributed by atoms with van der Waals surface area (Å²) in [6, 6.07) is 13.8. The highest BCUT2D eigenvalue weighted by Crippen LogP contribution is 2.29. The Balaban J connectivity index is 2.07. The first kappa shape index (κ1) is 16.0. The van der Waals surface area contributed by atoms with Crippen LogP contribution in [0.2, 0.25) is 15.1 Å². The molecule has 0 aromatic heterocycles. The normalized spacial score (nSPS) is 12.4. The maximum Gasteiger partial charge on any atom is 0.0595 e. The molecule has 0 fully saturated rings. The average molecular weight is 347 g/mol. The first-order valence-corrected chi connectivity index (χ1v) is 8.22. The summed E-state index contributed by atoms with van der Waals surface area (Å²) in [7, 11) is 1.94. The van der Waals surface area contributed by atoms with E-state index in [0.717, 1.165) is 21.2 Å². The van der Waals surface area contributed by atoms with Gasteiger partial charge >= 0.3 is 0 Å². The molecule has 2 aromatic rings. The second-order valence-electron chi connectivity index (χ2n) is 4.28. The van der Waals surface area contributed by atoms with Crippen LogP contribution in [0.4, 0.5) is 0 Å².